The third-order valence-electron chi connectivity index (χ3n) is 5.84. The van der Waals surface area contributed by atoms with Gasteiger partial charge in [0, 0.05) is 35.3 Å². The zero-order valence-corrected chi connectivity index (χ0v) is 18.9. The number of benzene rings is 3. The van der Waals surface area contributed by atoms with Crippen molar-refractivity contribution in [1.29, 1.82) is 0 Å². The zero-order valence-electron chi connectivity index (χ0n) is 18.9. The molecule has 0 N–H and O–H groups in total. The molecule has 6 heteroatoms. The van der Waals surface area contributed by atoms with Crippen LogP contribution in [0.1, 0.15) is 27.0 Å². The van der Waals surface area contributed by atoms with Gasteiger partial charge in [0.2, 0.25) is 5.78 Å². The number of rotatable bonds is 6. The molecule has 0 bridgehead atoms. The van der Waals surface area contributed by atoms with E-state index in [1.807, 2.05) is 72.4 Å². The number of ether oxygens (including phenoxy) is 3. The molecule has 0 unspecified atom stereocenters. The number of hydrogen-bond donors (Lipinski definition) is 0. The van der Waals surface area contributed by atoms with Crippen LogP contribution in [0.3, 0.4) is 0 Å². The number of ketones is 1. The summed E-state index contributed by atoms with van der Waals surface area (Å²) in [6.07, 6.45) is 3.74. The fraction of sp³-hybridized carbons (Fsp3) is 0.143. The van der Waals surface area contributed by atoms with Gasteiger partial charge >= 0.3 is 5.97 Å². The van der Waals surface area contributed by atoms with Crippen molar-refractivity contribution in [3.8, 4) is 11.5 Å². The highest BCUT2D eigenvalue weighted by molar-refractivity contribution is 6.15. The number of hydrogen-bond acceptors (Lipinski definition) is 5. The van der Waals surface area contributed by atoms with Gasteiger partial charge in [-0.25, -0.2) is 4.79 Å². The van der Waals surface area contributed by atoms with E-state index in [-0.39, 0.29) is 24.8 Å². The molecule has 0 spiro atoms. The van der Waals surface area contributed by atoms with Crippen LogP contribution in [-0.2, 0) is 23.2 Å². The fourth-order valence-electron chi connectivity index (χ4n) is 4.07. The van der Waals surface area contributed by atoms with Gasteiger partial charge in [0.25, 0.3) is 0 Å². The molecule has 0 radical (unpaired) electrons. The molecular weight excluding hydrogens is 430 g/mol. The SMILES string of the molecule is Cc1c(OCC(=O)OCc2ccccc2)ccc2c1O/C(=C/c1cn(C)c3ccccc13)C2=O. The smallest absolute Gasteiger partial charge is 0.344 e. The van der Waals surface area contributed by atoms with Gasteiger partial charge in [0.15, 0.2) is 12.4 Å². The Labute approximate surface area is 197 Å². The maximum Gasteiger partial charge on any atom is 0.344 e. The number of carbonyl (C=O) groups excluding carboxylic acids is 2. The number of para-hydroxylation sites is 1. The van der Waals surface area contributed by atoms with Gasteiger partial charge in [0.05, 0.1) is 5.56 Å². The van der Waals surface area contributed by atoms with Crippen LogP contribution in [0.25, 0.3) is 17.0 Å². The second-order valence-electron chi connectivity index (χ2n) is 8.15. The summed E-state index contributed by atoms with van der Waals surface area (Å²) >= 11 is 0. The van der Waals surface area contributed by atoms with Gasteiger partial charge < -0.3 is 18.8 Å². The number of fused-ring (bicyclic) bond motifs is 2. The fourth-order valence-corrected chi connectivity index (χ4v) is 4.07. The predicted molar refractivity (Wildman–Crippen MR) is 129 cm³/mol. The van der Waals surface area contributed by atoms with E-state index in [0.29, 0.717) is 22.6 Å². The van der Waals surface area contributed by atoms with Gasteiger partial charge in [-0.1, -0.05) is 48.5 Å². The molecule has 1 aliphatic heterocycles. The minimum Gasteiger partial charge on any atom is -0.481 e. The van der Waals surface area contributed by atoms with Crippen LogP contribution in [0.5, 0.6) is 11.5 Å². The molecule has 0 saturated carbocycles. The second kappa shape index (κ2) is 8.90. The van der Waals surface area contributed by atoms with Gasteiger partial charge in [-0.05, 0) is 36.8 Å². The molecule has 1 aromatic heterocycles. The number of aromatic nitrogens is 1. The first-order chi connectivity index (χ1) is 16.5. The summed E-state index contributed by atoms with van der Waals surface area (Å²) < 4.78 is 18.9. The summed E-state index contributed by atoms with van der Waals surface area (Å²) in [5.41, 5.74) is 4.01. The van der Waals surface area contributed by atoms with Crippen LogP contribution in [0.4, 0.5) is 0 Å². The lowest BCUT2D eigenvalue weighted by Gasteiger charge is -2.11. The summed E-state index contributed by atoms with van der Waals surface area (Å²) in [7, 11) is 1.97. The van der Waals surface area contributed by atoms with E-state index in [4.69, 9.17) is 14.2 Å². The van der Waals surface area contributed by atoms with Crippen molar-refractivity contribution in [3.05, 3.63) is 101 Å². The normalized spacial score (nSPS) is 13.7. The van der Waals surface area contributed by atoms with Crippen molar-refractivity contribution in [1.82, 2.24) is 4.57 Å². The Morgan fingerprint density at radius 1 is 1.03 bits per heavy atom. The van der Waals surface area contributed by atoms with E-state index in [1.165, 1.54) is 0 Å². The number of esters is 1. The van der Waals surface area contributed by atoms with Crippen LogP contribution in [0.2, 0.25) is 0 Å². The van der Waals surface area contributed by atoms with Crippen molar-refractivity contribution in [2.45, 2.75) is 13.5 Å². The van der Waals surface area contributed by atoms with E-state index in [0.717, 1.165) is 22.0 Å². The Balaban J connectivity index is 1.30. The predicted octanol–water partition coefficient (Wildman–Crippen LogP) is 5.23. The quantitative estimate of drug-likeness (QED) is 0.296. The Kier molecular flexibility index (Phi) is 5.64. The average Bonchev–Trinajstić information content (AvgIpc) is 3.35. The number of carbonyl (C=O) groups is 2. The average molecular weight is 453 g/mol. The molecule has 2 heterocycles. The van der Waals surface area contributed by atoms with Gasteiger partial charge in [-0.2, -0.15) is 0 Å². The third kappa shape index (κ3) is 4.06. The van der Waals surface area contributed by atoms with Crippen LogP contribution in [-0.4, -0.2) is 22.9 Å². The molecule has 0 fully saturated rings. The molecule has 1 aliphatic rings. The van der Waals surface area contributed by atoms with Crippen LogP contribution < -0.4 is 9.47 Å². The van der Waals surface area contributed by atoms with E-state index >= 15 is 0 Å². The third-order valence-corrected chi connectivity index (χ3v) is 5.84. The summed E-state index contributed by atoms with van der Waals surface area (Å²) in [5.74, 6) is 0.521. The lowest BCUT2D eigenvalue weighted by Crippen LogP contribution is -2.15. The zero-order chi connectivity index (χ0) is 23.7. The lowest BCUT2D eigenvalue weighted by atomic mass is 10.1. The first kappa shape index (κ1) is 21.5. The molecule has 170 valence electrons. The van der Waals surface area contributed by atoms with Gasteiger partial charge in [-0.15, -0.1) is 0 Å². The molecular formula is C28H23NO5. The van der Waals surface area contributed by atoms with E-state index in [1.54, 1.807) is 25.1 Å². The molecule has 4 aromatic rings. The van der Waals surface area contributed by atoms with Crippen molar-refractivity contribution >= 4 is 28.7 Å². The van der Waals surface area contributed by atoms with E-state index in [9.17, 15) is 9.59 Å². The second-order valence-corrected chi connectivity index (χ2v) is 8.15. The molecule has 34 heavy (non-hydrogen) atoms. The standard InChI is InChI=1S/C28H23NO5/c1-18-24(32-17-26(30)33-16-19-8-4-3-5-9-19)13-12-22-27(31)25(34-28(18)22)14-20-15-29(2)23-11-7-6-10-21(20)23/h3-15H,16-17H2,1-2H3/b25-14+. The Morgan fingerprint density at radius 3 is 2.62 bits per heavy atom. The molecule has 0 atom stereocenters. The number of Topliss-reactive ketones (excluding diaryl/α,β-unsaturated/α-hetero) is 1. The summed E-state index contributed by atoms with van der Waals surface area (Å²) in [6, 6.07) is 20.8. The summed E-state index contributed by atoms with van der Waals surface area (Å²) in [6.45, 7) is 1.75. The first-order valence-electron chi connectivity index (χ1n) is 11.0. The maximum atomic E-state index is 13.0. The van der Waals surface area contributed by atoms with Crippen LogP contribution in [0, 0.1) is 6.92 Å². The minimum absolute atomic E-state index is 0.181. The molecule has 0 saturated heterocycles. The van der Waals surface area contributed by atoms with Gasteiger partial charge in [-0.3, -0.25) is 4.79 Å². The van der Waals surface area contributed by atoms with Crippen molar-refractivity contribution in [2.24, 2.45) is 7.05 Å². The lowest BCUT2D eigenvalue weighted by molar-refractivity contribution is -0.147. The highest BCUT2D eigenvalue weighted by atomic mass is 16.6. The van der Waals surface area contributed by atoms with E-state index < -0.39 is 5.97 Å². The Bertz CT molecular complexity index is 1430. The van der Waals surface area contributed by atoms with Crippen molar-refractivity contribution < 1.29 is 23.8 Å². The Morgan fingerprint density at radius 2 is 1.79 bits per heavy atom. The maximum absolute atomic E-state index is 13.0. The molecule has 5 rings (SSSR count). The minimum atomic E-state index is -0.475. The summed E-state index contributed by atoms with van der Waals surface area (Å²) in [4.78, 5) is 25.1. The Hall–Kier alpha value is -4.32. The van der Waals surface area contributed by atoms with Crippen molar-refractivity contribution in [2.75, 3.05) is 6.61 Å². The van der Waals surface area contributed by atoms with E-state index in [2.05, 4.69) is 0 Å². The highest BCUT2D eigenvalue weighted by Gasteiger charge is 2.30. The number of allylic oxidation sites excluding steroid dienone is 1. The van der Waals surface area contributed by atoms with Gasteiger partial charge in [0.1, 0.15) is 18.1 Å². The summed E-state index contributed by atoms with van der Waals surface area (Å²) in [5, 5.41) is 1.04. The molecule has 0 aliphatic carbocycles. The molecule has 6 nitrogen and oxygen atoms in total. The van der Waals surface area contributed by atoms with Crippen LogP contribution >= 0.6 is 0 Å². The number of nitrogens with zero attached hydrogens (tertiary/aromatic N) is 1. The topological polar surface area (TPSA) is 66.8 Å². The first-order valence-corrected chi connectivity index (χ1v) is 11.0. The van der Waals surface area contributed by atoms with Crippen molar-refractivity contribution in [3.63, 3.8) is 0 Å². The van der Waals surface area contributed by atoms with Crippen LogP contribution in [0.15, 0.2) is 78.7 Å². The monoisotopic (exact) mass is 453 g/mol. The number of aryl methyl sites for hydroxylation is 1. The molecule has 0 amide bonds. The largest absolute Gasteiger partial charge is 0.481 e. The molecule has 3 aromatic carbocycles. The highest BCUT2D eigenvalue weighted by Crippen LogP contribution is 2.39.